The molecule has 1 fully saturated rings. The fraction of sp³-hybridized carbons (Fsp3) is 0.769. The van der Waals surface area contributed by atoms with Crippen LogP contribution in [0.25, 0.3) is 0 Å². The third-order valence-corrected chi connectivity index (χ3v) is 4.32. The first-order chi connectivity index (χ1) is 8.59. The Kier molecular flexibility index (Phi) is 4.65. The normalized spacial score (nSPS) is 19.1. The molecular weight excluding hydrogens is 250 g/mol. The van der Waals surface area contributed by atoms with Crippen molar-refractivity contribution in [1.82, 2.24) is 15.1 Å². The van der Waals surface area contributed by atoms with Gasteiger partial charge >= 0.3 is 0 Å². The molecule has 1 unspecified atom stereocenters. The van der Waals surface area contributed by atoms with Crippen molar-refractivity contribution in [3.05, 3.63) is 16.4 Å². The van der Waals surface area contributed by atoms with Crippen LogP contribution in [0, 0.1) is 12.8 Å². The van der Waals surface area contributed by atoms with Crippen molar-refractivity contribution < 1.29 is 4.74 Å². The Morgan fingerprint density at radius 2 is 2.17 bits per heavy atom. The lowest BCUT2D eigenvalue weighted by atomic mass is 9.93. The number of aromatic nitrogens is 2. The lowest BCUT2D eigenvalue weighted by Crippen LogP contribution is -2.36. The van der Waals surface area contributed by atoms with Crippen molar-refractivity contribution in [3.63, 3.8) is 0 Å². The summed E-state index contributed by atoms with van der Waals surface area (Å²) in [4.78, 5) is 0. The minimum absolute atomic E-state index is 0.486. The van der Waals surface area contributed by atoms with Gasteiger partial charge in [-0.3, -0.25) is 4.68 Å². The lowest BCUT2D eigenvalue weighted by Gasteiger charge is -2.28. The van der Waals surface area contributed by atoms with E-state index >= 15 is 0 Å². The SMILES string of the molecule is Cc1nn(C)c(CNC(C)C2CCOCC2)c1Cl. The Morgan fingerprint density at radius 3 is 2.72 bits per heavy atom. The topological polar surface area (TPSA) is 39.1 Å². The van der Waals surface area contributed by atoms with Crippen LogP contribution < -0.4 is 5.32 Å². The van der Waals surface area contributed by atoms with Gasteiger partial charge in [-0.1, -0.05) is 11.6 Å². The second-order valence-corrected chi connectivity index (χ2v) is 5.47. The molecule has 5 heteroatoms. The zero-order valence-corrected chi connectivity index (χ0v) is 12.1. The number of ether oxygens (including phenoxy) is 1. The second kappa shape index (κ2) is 6.04. The molecule has 0 bridgehead atoms. The maximum absolute atomic E-state index is 6.24. The summed E-state index contributed by atoms with van der Waals surface area (Å²) in [7, 11) is 1.94. The van der Waals surface area contributed by atoms with Gasteiger partial charge in [0.2, 0.25) is 0 Å². The Morgan fingerprint density at radius 1 is 1.50 bits per heavy atom. The van der Waals surface area contributed by atoms with Gasteiger partial charge in [0.1, 0.15) is 0 Å². The van der Waals surface area contributed by atoms with Crippen molar-refractivity contribution in [2.75, 3.05) is 13.2 Å². The first-order valence-electron chi connectivity index (χ1n) is 6.58. The molecule has 0 saturated carbocycles. The van der Waals surface area contributed by atoms with Crippen LogP contribution in [0.15, 0.2) is 0 Å². The predicted molar refractivity (Wildman–Crippen MR) is 72.8 cm³/mol. The smallest absolute Gasteiger partial charge is 0.0860 e. The number of nitrogens with one attached hydrogen (secondary N) is 1. The highest BCUT2D eigenvalue weighted by molar-refractivity contribution is 6.31. The lowest BCUT2D eigenvalue weighted by molar-refractivity contribution is 0.0557. The van der Waals surface area contributed by atoms with E-state index in [1.165, 1.54) is 0 Å². The van der Waals surface area contributed by atoms with Crippen molar-refractivity contribution in [1.29, 1.82) is 0 Å². The van der Waals surface area contributed by atoms with Crippen LogP contribution in [0.3, 0.4) is 0 Å². The van der Waals surface area contributed by atoms with E-state index in [0.717, 1.165) is 49.0 Å². The highest BCUT2D eigenvalue weighted by atomic mass is 35.5. The first-order valence-corrected chi connectivity index (χ1v) is 6.96. The molecule has 1 N–H and O–H groups in total. The molecule has 1 aromatic rings. The van der Waals surface area contributed by atoms with Crippen LogP contribution in [0.4, 0.5) is 0 Å². The van der Waals surface area contributed by atoms with Crippen LogP contribution in [-0.2, 0) is 18.3 Å². The average Bonchev–Trinajstić information content (AvgIpc) is 2.62. The van der Waals surface area contributed by atoms with E-state index in [-0.39, 0.29) is 0 Å². The number of hydrogen-bond donors (Lipinski definition) is 1. The number of aryl methyl sites for hydroxylation is 2. The molecule has 0 aromatic carbocycles. The largest absolute Gasteiger partial charge is 0.381 e. The standard InChI is InChI=1S/C13H22ClN3O/c1-9(11-4-6-18-7-5-11)15-8-12-13(14)10(2)16-17(12)3/h9,11,15H,4-8H2,1-3H3. The molecule has 18 heavy (non-hydrogen) atoms. The Bertz CT molecular complexity index is 399. The number of halogens is 1. The molecule has 1 saturated heterocycles. The van der Waals surface area contributed by atoms with Crippen LogP contribution in [0.1, 0.15) is 31.2 Å². The summed E-state index contributed by atoms with van der Waals surface area (Å²) in [5, 5.41) is 8.67. The molecule has 2 rings (SSSR count). The van der Waals surface area contributed by atoms with Gasteiger partial charge in [0.05, 0.1) is 16.4 Å². The maximum Gasteiger partial charge on any atom is 0.0860 e. The Labute approximate surface area is 114 Å². The van der Waals surface area contributed by atoms with Gasteiger partial charge in [-0.25, -0.2) is 0 Å². The Balaban J connectivity index is 1.90. The van der Waals surface area contributed by atoms with Gasteiger partial charge in [-0.2, -0.15) is 5.10 Å². The molecule has 0 amide bonds. The highest BCUT2D eigenvalue weighted by Gasteiger charge is 2.21. The predicted octanol–water partition coefficient (Wildman–Crippen LogP) is 2.29. The summed E-state index contributed by atoms with van der Waals surface area (Å²) in [5.41, 5.74) is 1.96. The van der Waals surface area contributed by atoms with E-state index in [1.54, 1.807) is 0 Å². The molecule has 102 valence electrons. The third kappa shape index (κ3) is 3.05. The molecule has 2 heterocycles. The summed E-state index contributed by atoms with van der Waals surface area (Å²) in [6, 6.07) is 0.486. The molecular formula is C13H22ClN3O. The molecule has 1 aromatic heterocycles. The molecule has 1 aliphatic heterocycles. The van der Waals surface area contributed by atoms with Gasteiger partial charge in [-0.05, 0) is 32.6 Å². The van der Waals surface area contributed by atoms with Crippen LogP contribution in [-0.4, -0.2) is 29.0 Å². The highest BCUT2D eigenvalue weighted by Crippen LogP contribution is 2.21. The van der Waals surface area contributed by atoms with E-state index in [2.05, 4.69) is 17.3 Å². The van der Waals surface area contributed by atoms with E-state index in [1.807, 2.05) is 18.7 Å². The number of hydrogen-bond acceptors (Lipinski definition) is 3. The first kappa shape index (κ1) is 13.8. The van der Waals surface area contributed by atoms with Gasteiger partial charge < -0.3 is 10.1 Å². The summed E-state index contributed by atoms with van der Waals surface area (Å²) >= 11 is 6.24. The Hall–Kier alpha value is -0.580. The average molecular weight is 272 g/mol. The maximum atomic E-state index is 6.24. The zero-order valence-electron chi connectivity index (χ0n) is 11.4. The third-order valence-electron chi connectivity index (χ3n) is 3.83. The van der Waals surface area contributed by atoms with Gasteiger partial charge in [0.15, 0.2) is 0 Å². The minimum atomic E-state index is 0.486. The van der Waals surface area contributed by atoms with Crippen LogP contribution in [0.5, 0.6) is 0 Å². The van der Waals surface area contributed by atoms with Crippen molar-refractivity contribution in [2.45, 2.75) is 39.3 Å². The second-order valence-electron chi connectivity index (χ2n) is 5.09. The molecule has 1 aliphatic rings. The van der Waals surface area contributed by atoms with E-state index in [4.69, 9.17) is 16.3 Å². The fourth-order valence-electron chi connectivity index (χ4n) is 2.51. The molecule has 0 radical (unpaired) electrons. The molecule has 0 aliphatic carbocycles. The molecule has 4 nitrogen and oxygen atoms in total. The van der Waals surface area contributed by atoms with Crippen molar-refractivity contribution in [3.8, 4) is 0 Å². The van der Waals surface area contributed by atoms with E-state index in [9.17, 15) is 0 Å². The van der Waals surface area contributed by atoms with Crippen LogP contribution >= 0.6 is 11.6 Å². The molecule has 1 atom stereocenters. The minimum Gasteiger partial charge on any atom is -0.381 e. The van der Waals surface area contributed by atoms with Gasteiger partial charge in [0.25, 0.3) is 0 Å². The zero-order chi connectivity index (χ0) is 13.1. The van der Waals surface area contributed by atoms with E-state index in [0.29, 0.717) is 12.0 Å². The van der Waals surface area contributed by atoms with Gasteiger partial charge in [-0.15, -0.1) is 0 Å². The van der Waals surface area contributed by atoms with E-state index < -0.39 is 0 Å². The monoisotopic (exact) mass is 271 g/mol. The number of nitrogens with zero attached hydrogens (tertiary/aromatic N) is 2. The fourth-order valence-corrected chi connectivity index (χ4v) is 2.74. The summed E-state index contributed by atoms with van der Waals surface area (Å²) in [5.74, 6) is 0.701. The summed E-state index contributed by atoms with van der Waals surface area (Å²) in [6.45, 7) is 6.74. The number of rotatable bonds is 4. The summed E-state index contributed by atoms with van der Waals surface area (Å²) < 4.78 is 7.25. The summed E-state index contributed by atoms with van der Waals surface area (Å²) in [6.07, 6.45) is 2.29. The quantitative estimate of drug-likeness (QED) is 0.913. The van der Waals surface area contributed by atoms with Crippen molar-refractivity contribution in [2.24, 2.45) is 13.0 Å². The van der Waals surface area contributed by atoms with Crippen molar-refractivity contribution >= 4 is 11.6 Å². The molecule has 0 spiro atoms. The van der Waals surface area contributed by atoms with Gasteiger partial charge in [0, 0.05) is 32.8 Å². The van der Waals surface area contributed by atoms with Crippen LogP contribution in [0.2, 0.25) is 5.02 Å².